The Balaban J connectivity index is 1.28. The average molecular weight is 424 g/mol. The lowest BCUT2D eigenvalue weighted by Crippen LogP contribution is -2.20. The van der Waals surface area contributed by atoms with E-state index in [1.54, 1.807) is 29.0 Å². The Bertz CT molecular complexity index is 1050. The highest BCUT2D eigenvalue weighted by atomic mass is 19.1. The number of rotatable bonds is 8. The SMILES string of the molecule is O=c1cc(OCc2ccc(F)cc2)ccn1CCc1ccc(CN2CC[C@H](F)C2)cc1. The van der Waals surface area contributed by atoms with Crippen molar-refractivity contribution in [1.29, 1.82) is 0 Å². The minimum atomic E-state index is -0.697. The molecule has 0 amide bonds. The van der Waals surface area contributed by atoms with Gasteiger partial charge in [0, 0.05) is 38.4 Å². The summed E-state index contributed by atoms with van der Waals surface area (Å²) in [6, 6.07) is 17.6. The number of hydrogen-bond acceptors (Lipinski definition) is 3. The Morgan fingerprint density at radius 1 is 0.968 bits per heavy atom. The second kappa shape index (κ2) is 9.88. The van der Waals surface area contributed by atoms with Gasteiger partial charge in [-0.25, -0.2) is 8.78 Å². The van der Waals surface area contributed by atoms with Gasteiger partial charge in [0.1, 0.15) is 24.3 Å². The summed E-state index contributed by atoms with van der Waals surface area (Å²) in [5, 5.41) is 0. The van der Waals surface area contributed by atoms with Crippen LogP contribution in [0.1, 0.15) is 23.1 Å². The largest absolute Gasteiger partial charge is 0.489 e. The molecule has 1 atom stereocenters. The third-order valence-electron chi connectivity index (χ3n) is 5.57. The second-order valence-electron chi connectivity index (χ2n) is 8.00. The molecule has 1 fully saturated rings. The molecule has 1 aromatic heterocycles. The molecule has 6 heteroatoms. The lowest BCUT2D eigenvalue weighted by molar-refractivity contribution is 0.282. The molecule has 1 saturated heterocycles. The molecule has 3 aromatic rings. The van der Waals surface area contributed by atoms with Crippen LogP contribution in [0.2, 0.25) is 0 Å². The van der Waals surface area contributed by atoms with Gasteiger partial charge in [0.15, 0.2) is 0 Å². The average Bonchev–Trinajstić information content (AvgIpc) is 3.18. The van der Waals surface area contributed by atoms with Crippen molar-refractivity contribution in [3.05, 3.63) is 99.7 Å². The molecule has 0 aliphatic carbocycles. The van der Waals surface area contributed by atoms with Crippen LogP contribution in [0.3, 0.4) is 0 Å². The molecule has 2 aromatic carbocycles. The molecule has 31 heavy (non-hydrogen) atoms. The zero-order valence-corrected chi connectivity index (χ0v) is 17.3. The molecular formula is C25H26F2N2O2. The fourth-order valence-electron chi connectivity index (χ4n) is 3.76. The highest BCUT2D eigenvalue weighted by Crippen LogP contribution is 2.16. The molecule has 0 radical (unpaired) electrons. The van der Waals surface area contributed by atoms with Crippen LogP contribution in [-0.2, 0) is 26.1 Å². The van der Waals surface area contributed by atoms with E-state index in [0.29, 0.717) is 25.3 Å². The van der Waals surface area contributed by atoms with Crippen molar-refractivity contribution in [3.63, 3.8) is 0 Å². The summed E-state index contributed by atoms with van der Waals surface area (Å²) in [7, 11) is 0. The number of ether oxygens (including phenoxy) is 1. The van der Waals surface area contributed by atoms with Gasteiger partial charge in [-0.3, -0.25) is 9.69 Å². The van der Waals surface area contributed by atoms with Crippen molar-refractivity contribution in [2.75, 3.05) is 13.1 Å². The van der Waals surface area contributed by atoms with Crippen molar-refractivity contribution >= 4 is 0 Å². The second-order valence-corrected chi connectivity index (χ2v) is 8.00. The quantitative estimate of drug-likeness (QED) is 0.539. The maximum Gasteiger partial charge on any atom is 0.254 e. The number of alkyl halides is 1. The van der Waals surface area contributed by atoms with E-state index in [1.807, 2.05) is 0 Å². The van der Waals surface area contributed by atoms with E-state index in [1.165, 1.54) is 23.8 Å². The van der Waals surface area contributed by atoms with Crippen LogP contribution in [0.15, 0.2) is 71.7 Å². The molecule has 1 aliphatic heterocycles. The topological polar surface area (TPSA) is 34.5 Å². The number of aryl methyl sites for hydroxylation is 2. The fraction of sp³-hybridized carbons (Fsp3) is 0.320. The number of nitrogens with zero attached hydrogens (tertiary/aromatic N) is 2. The van der Waals surface area contributed by atoms with Gasteiger partial charge >= 0.3 is 0 Å². The molecule has 0 unspecified atom stereocenters. The minimum Gasteiger partial charge on any atom is -0.489 e. The van der Waals surface area contributed by atoms with E-state index in [4.69, 9.17) is 4.74 Å². The monoisotopic (exact) mass is 424 g/mol. The van der Waals surface area contributed by atoms with Gasteiger partial charge in [0.2, 0.25) is 0 Å². The van der Waals surface area contributed by atoms with E-state index in [2.05, 4.69) is 29.2 Å². The Morgan fingerprint density at radius 2 is 1.68 bits per heavy atom. The number of halogens is 2. The van der Waals surface area contributed by atoms with Crippen molar-refractivity contribution in [2.45, 2.75) is 38.7 Å². The Morgan fingerprint density at radius 3 is 2.35 bits per heavy atom. The highest BCUT2D eigenvalue weighted by Gasteiger charge is 2.21. The van der Waals surface area contributed by atoms with Gasteiger partial charge in [0.05, 0.1) is 0 Å². The fourth-order valence-corrected chi connectivity index (χ4v) is 3.76. The van der Waals surface area contributed by atoms with E-state index in [-0.39, 0.29) is 18.0 Å². The normalized spacial score (nSPS) is 16.5. The minimum absolute atomic E-state index is 0.122. The number of hydrogen-bond donors (Lipinski definition) is 0. The molecule has 4 rings (SSSR count). The maximum atomic E-state index is 13.3. The first-order chi connectivity index (χ1) is 15.0. The van der Waals surface area contributed by atoms with E-state index in [0.717, 1.165) is 30.6 Å². The van der Waals surface area contributed by atoms with Gasteiger partial charge in [-0.2, -0.15) is 0 Å². The molecule has 162 valence electrons. The van der Waals surface area contributed by atoms with Crippen LogP contribution >= 0.6 is 0 Å². The summed E-state index contributed by atoms with van der Waals surface area (Å²) in [6.45, 7) is 2.97. The van der Waals surface area contributed by atoms with Crippen LogP contribution in [0.5, 0.6) is 5.75 Å². The van der Waals surface area contributed by atoms with Crippen LogP contribution < -0.4 is 10.3 Å². The number of likely N-dealkylation sites (tertiary alicyclic amines) is 1. The van der Waals surface area contributed by atoms with Crippen LogP contribution in [0, 0.1) is 5.82 Å². The number of aromatic nitrogens is 1. The van der Waals surface area contributed by atoms with Crippen molar-refractivity contribution in [2.24, 2.45) is 0 Å². The Labute approximate surface area is 180 Å². The maximum absolute atomic E-state index is 13.3. The van der Waals surface area contributed by atoms with Gasteiger partial charge in [-0.1, -0.05) is 36.4 Å². The van der Waals surface area contributed by atoms with Crippen molar-refractivity contribution in [1.82, 2.24) is 9.47 Å². The lowest BCUT2D eigenvalue weighted by atomic mass is 10.1. The summed E-state index contributed by atoms with van der Waals surface area (Å²) in [4.78, 5) is 14.5. The molecule has 1 aliphatic rings. The van der Waals surface area contributed by atoms with Crippen LogP contribution in [0.25, 0.3) is 0 Å². The molecule has 4 nitrogen and oxygen atoms in total. The van der Waals surface area contributed by atoms with Gasteiger partial charge in [-0.15, -0.1) is 0 Å². The predicted molar refractivity (Wildman–Crippen MR) is 116 cm³/mol. The summed E-state index contributed by atoms with van der Waals surface area (Å²) < 4.78 is 33.6. The summed E-state index contributed by atoms with van der Waals surface area (Å²) in [5.41, 5.74) is 3.04. The van der Waals surface area contributed by atoms with Gasteiger partial charge in [-0.05, 0) is 47.7 Å². The van der Waals surface area contributed by atoms with Crippen LogP contribution in [0.4, 0.5) is 8.78 Å². The molecule has 0 N–H and O–H groups in total. The lowest BCUT2D eigenvalue weighted by Gasteiger charge is -2.15. The highest BCUT2D eigenvalue weighted by molar-refractivity contribution is 5.23. The summed E-state index contributed by atoms with van der Waals surface area (Å²) in [6.07, 6.45) is 2.41. The first-order valence-corrected chi connectivity index (χ1v) is 10.6. The van der Waals surface area contributed by atoms with E-state index in [9.17, 15) is 13.6 Å². The summed E-state index contributed by atoms with van der Waals surface area (Å²) in [5.74, 6) is 0.204. The Hall–Kier alpha value is -2.99. The zero-order chi connectivity index (χ0) is 21.6. The van der Waals surface area contributed by atoms with E-state index >= 15 is 0 Å². The number of pyridine rings is 1. The first-order valence-electron chi connectivity index (χ1n) is 10.6. The Kier molecular flexibility index (Phi) is 6.77. The first kappa shape index (κ1) is 21.2. The summed E-state index contributed by atoms with van der Waals surface area (Å²) >= 11 is 0. The third-order valence-corrected chi connectivity index (χ3v) is 5.57. The van der Waals surface area contributed by atoms with Crippen molar-refractivity contribution < 1.29 is 13.5 Å². The molecule has 0 saturated carbocycles. The molecule has 0 bridgehead atoms. The predicted octanol–water partition coefficient (Wildman–Crippen LogP) is 4.35. The van der Waals surface area contributed by atoms with E-state index < -0.39 is 6.17 Å². The van der Waals surface area contributed by atoms with Crippen molar-refractivity contribution in [3.8, 4) is 5.75 Å². The number of benzene rings is 2. The smallest absolute Gasteiger partial charge is 0.254 e. The zero-order valence-electron chi connectivity index (χ0n) is 17.3. The molecule has 2 heterocycles. The molecule has 0 spiro atoms. The standard InChI is InChI=1S/C25H26F2N2O2/c26-22-7-5-21(6-8-22)18-31-24-11-14-29(25(30)15-24)13-9-19-1-3-20(4-2-19)16-28-12-10-23(27)17-28/h1-8,11,14-15,23H,9-10,12-13,16-18H2/t23-/m0/s1. The van der Waals surface area contributed by atoms with Crippen LogP contribution in [-0.4, -0.2) is 28.7 Å². The third kappa shape index (κ3) is 6.01. The molecular weight excluding hydrogens is 398 g/mol. The van der Waals surface area contributed by atoms with Gasteiger partial charge in [0.25, 0.3) is 5.56 Å². The van der Waals surface area contributed by atoms with Gasteiger partial charge < -0.3 is 9.30 Å².